The van der Waals surface area contributed by atoms with Crippen LogP contribution < -0.4 is 0 Å². The van der Waals surface area contributed by atoms with Gasteiger partial charge in [-0.1, -0.05) is 6.42 Å². The van der Waals surface area contributed by atoms with Crippen molar-refractivity contribution in [1.82, 2.24) is 0 Å². The standard InChI is InChI=1S/C10H18O6/c1-8(12)14-10(16-15-9(2)13)6-4-3-5-7-11/h10-11H,3-7H2,1-2H3. The molecule has 0 saturated heterocycles. The molecule has 6 heteroatoms. The number of aliphatic hydroxyl groups is 1. The van der Waals surface area contributed by atoms with Crippen molar-refractivity contribution >= 4 is 11.9 Å². The maximum Gasteiger partial charge on any atom is 0.339 e. The molecular weight excluding hydrogens is 216 g/mol. The summed E-state index contributed by atoms with van der Waals surface area (Å²) in [4.78, 5) is 30.1. The molecule has 0 amide bonds. The topological polar surface area (TPSA) is 82.1 Å². The van der Waals surface area contributed by atoms with Crippen LogP contribution in [0.25, 0.3) is 0 Å². The molecule has 0 aromatic carbocycles. The summed E-state index contributed by atoms with van der Waals surface area (Å²) in [6.45, 7) is 2.57. The van der Waals surface area contributed by atoms with Gasteiger partial charge in [0.2, 0.25) is 6.29 Å². The number of rotatable bonds is 8. The highest BCUT2D eigenvalue weighted by Gasteiger charge is 2.14. The van der Waals surface area contributed by atoms with Crippen LogP contribution in [-0.2, 0) is 24.1 Å². The number of aliphatic hydroxyl groups excluding tert-OH is 1. The lowest BCUT2D eigenvalue weighted by Crippen LogP contribution is -2.21. The van der Waals surface area contributed by atoms with Crippen molar-refractivity contribution in [2.75, 3.05) is 6.61 Å². The summed E-state index contributed by atoms with van der Waals surface area (Å²) in [5, 5.41) is 8.57. The van der Waals surface area contributed by atoms with Gasteiger partial charge in [0, 0.05) is 26.9 Å². The molecule has 0 aromatic heterocycles. The minimum Gasteiger partial charge on any atom is -0.432 e. The Hall–Kier alpha value is -1.14. The number of unbranched alkanes of at least 4 members (excludes halogenated alkanes) is 2. The molecule has 0 saturated carbocycles. The zero-order chi connectivity index (χ0) is 12.4. The van der Waals surface area contributed by atoms with Crippen molar-refractivity contribution in [3.63, 3.8) is 0 Å². The normalized spacial score (nSPS) is 11.9. The Morgan fingerprint density at radius 1 is 1.12 bits per heavy atom. The fourth-order valence-corrected chi connectivity index (χ4v) is 1.03. The fourth-order valence-electron chi connectivity index (χ4n) is 1.03. The van der Waals surface area contributed by atoms with Crippen LogP contribution in [0.1, 0.15) is 39.5 Å². The Morgan fingerprint density at radius 2 is 1.81 bits per heavy atom. The Labute approximate surface area is 94.4 Å². The zero-order valence-corrected chi connectivity index (χ0v) is 9.60. The van der Waals surface area contributed by atoms with E-state index < -0.39 is 18.2 Å². The lowest BCUT2D eigenvalue weighted by Gasteiger charge is -2.14. The smallest absolute Gasteiger partial charge is 0.339 e. The summed E-state index contributed by atoms with van der Waals surface area (Å²) in [5.41, 5.74) is 0. The van der Waals surface area contributed by atoms with Crippen molar-refractivity contribution in [2.24, 2.45) is 0 Å². The van der Waals surface area contributed by atoms with Gasteiger partial charge >= 0.3 is 11.9 Å². The first-order valence-corrected chi connectivity index (χ1v) is 5.18. The molecule has 16 heavy (non-hydrogen) atoms. The second kappa shape index (κ2) is 9.11. The Balaban J connectivity index is 3.80. The van der Waals surface area contributed by atoms with Crippen molar-refractivity contribution in [2.45, 2.75) is 45.8 Å². The van der Waals surface area contributed by atoms with Gasteiger partial charge in [0.25, 0.3) is 0 Å². The average molecular weight is 234 g/mol. The number of hydrogen-bond donors (Lipinski definition) is 1. The van der Waals surface area contributed by atoms with E-state index in [-0.39, 0.29) is 6.61 Å². The lowest BCUT2D eigenvalue weighted by molar-refractivity contribution is -0.344. The second-order valence-electron chi connectivity index (χ2n) is 3.28. The number of carbonyl (C=O) groups excluding carboxylic acids is 2. The van der Waals surface area contributed by atoms with Crippen LogP contribution in [0.3, 0.4) is 0 Å². The quantitative estimate of drug-likeness (QED) is 0.221. The van der Waals surface area contributed by atoms with E-state index in [0.29, 0.717) is 19.3 Å². The predicted octanol–water partition coefficient (Wildman–Crippen LogP) is 0.923. The highest BCUT2D eigenvalue weighted by Crippen LogP contribution is 2.09. The van der Waals surface area contributed by atoms with Crippen LogP contribution >= 0.6 is 0 Å². The molecule has 0 rings (SSSR count). The van der Waals surface area contributed by atoms with Crippen molar-refractivity contribution in [1.29, 1.82) is 0 Å². The summed E-state index contributed by atoms with van der Waals surface area (Å²) < 4.78 is 4.78. The van der Waals surface area contributed by atoms with E-state index in [1.165, 1.54) is 13.8 Å². The highest BCUT2D eigenvalue weighted by atomic mass is 17.2. The van der Waals surface area contributed by atoms with Crippen LogP contribution in [0.4, 0.5) is 0 Å². The number of hydrogen-bond acceptors (Lipinski definition) is 6. The SMILES string of the molecule is CC(=O)OOC(CCCCCO)OC(C)=O. The van der Waals surface area contributed by atoms with Crippen molar-refractivity contribution in [3.05, 3.63) is 0 Å². The molecular formula is C10H18O6. The maximum atomic E-state index is 10.7. The lowest BCUT2D eigenvalue weighted by atomic mass is 10.2. The largest absolute Gasteiger partial charge is 0.432 e. The first-order chi connectivity index (χ1) is 7.56. The van der Waals surface area contributed by atoms with Gasteiger partial charge < -0.3 is 9.84 Å². The molecule has 94 valence electrons. The first-order valence-electron chi connectivity index (χ1n) is 5.18. The molecule has 0 radical (unpaired) electrons. The third kappa shape index (κ3) is 9.42. The molecule has 0 heterocycles. The molecule has 0 fully saturated rings. The number of ether oxygens (including phenoxy) is 1. The summed E-state index contributed by atoms with van der Waals surface area (Å²) in [6, 6.07) is 0. The monoisotopic (exact) mass is 234 g/mol. The number of carbonyl (C=O) groups is 2. The van der Waals surface area contributed by atoms with Gasteiger partial charge in [-0.25, -0.2) is 4.79 Å². The Kier molecular flexibility index (Phi) is 8.46. The van der Waals surface area contributed by atoms with Crippen LogP contribution in [0.15, 0.2) is 0 Å². The van der Waals surface area contributed by atoms with Crippen LogP contribution in [0.2, 0.25) is 0 Å². The second-order valence-corrected chi connectivity index (χ2v) is 3.28. The third-order valence-corrected chi connectivity index (χ3v) is 1.67. The highest BCUT2D eigenvalue weighted by molar-refractivity contribution is 5.66. The molecule has 0 aliphatic heterocycles. The molecule has 1 N–H and O–H groups in total. The van der Waals surface area contributed by atoms with Gasteiger partial charge in [-0.05, 0) is 12.8 Å². The van der Waals surface area contributed by atoms with Crippen LogP contribution in [0, 0.1) is 0 Å². The van der Waals surface area contributed by atoms with E-state index in [1.54, 1.807) is 0 Å². The maximum absolute atomic E-state index is 10.7. The zero-order valence-electron chi connectivity index (χ0n) is 9.60. The van der Waals surface area contributed by atoms with Gasteiger partial charge in [-0.15, -0.1) is 4.89 Å². The van der Waals surface area contributed by atoms with Crippen molar-refractivity contribution < 1.29 is 29.2 Å². The van der Waals surface area contributed by atoms with Crippen LogP contribution in [-0.4, -0.2) is 29.9 Å². The molecule has 6 nitrogen and oxygen atoms in total. The first kappa shape index (κ1) is 14.9. The molecule has 0 spiro atoms. The molecule has 1 atom stereocenters. The van der Waals surface area contributed by atoms with Gasteiger partial charge in [0.15, 0.2) is 0 Å². The van der Waals surface area contributed by atoms with E-state index in [1.807, 2.05) is 0 Å². The van der Waals surface area contributed by atoms with E-state index in [9.17, 15) is 9.59 Å². The van der Waals surface area contributed by atoms with Crippen LogP contribution in [0.5, 0.6) is 0 Å². The third-order valence-electron chi connectivity index (χ3n) is 1.67. The van der Waals surface area contributed by atoms with Crippen molar-refractivity contribution in [3.8, 4) is 0 Å². The minimum atomic E-state index is -0.875. The average Bonchev–Trinajstić information content (AvgIpc) is 2.19. The van der Waals surface area contributed by atoms with E-state index in [4.69, 9.17) is 9.84 Å². The molecule has 0 aliphatic carbocycles. The molecule has 0 aliphatic rings. The fraction of sp³-hybridized carbons (Fsp3) is 0.800. The summed E-state index contributed by atoms with van der Waals surface area (Å²) in [6.07, 6.45) is 1.73. The predicted molar refractivity (Wildman–Crippen MR) is 54.0 cm³/mol. The Bertz CT molecular complexity index is 215. The number of esters is 1. The minimum absolute atomic E-state index is 0.128. The van der Waals surface area contributed by atoms with Gasteiger partial charge in [-0.2, -0.15) is 0 Å². The van der Waals surface area contributed by atoms with E-state index in [0.717, 1.165) is 6.42 Å². The summed E-state index contributed by atoms with van der Waals surface area (Å²) in [7, 11) is 0. The van der Waals surface area contributed by atoms with E-state index in [2.05, 4.69) is 9.78 Å². The molecule has 0 bridgehead atoms. The molecule has 0 aromatic rings. The van der Waals surface area contributed by atoms with E-state index >= 15 is 0 Å². The summed E-state index contributed by atoms with van der Waals surface area (Å²) >= 11 is 0. The summed E-state index contributed by atoms with van der Waals surface area (Å²) in [5.74, 6) is -1.10. The molecule has 1 unspecified atom stereocenters. The van der Waals surface area contributed by atoms with Gasteiger partial charge in [-0.3, -0.25) is 9.68 Å². The Morgan fingerprint density at radius 3 is 2.31 bits per heavy atom. The van der Waals surface area contributed by atoms with Gasteiger partial charge in [0.05, 0.1) is 0 Å². The van der Waals surface area contributed by atoms with Gasteiger partial charge in [0.1, 0.15) is 0 Å².